The second-order valence-corrected chi connectivity index (χ2v) is 6.49. The maximum Gasteiger partial charge on any atom is 0.344 e. The van der Waals surface area contributed by atoms with Gasteiger partial charge in [0, 0.05) is 6.54 Å². The molecule has 144 valence electrons. The molecule has 0 fully saturated rings. The van der Waals surface area contributed by atoms with Gasteiger partial charge in [-0.3, -0.25) is 4.79 Å². The fourth-order valence-electron chi connectivity index (χ4n) is 2.75. The summed E-state index contributed by atoms with van der Waals surface area (Å²) in [6.45, 7) is 7.24. The van der Waals surface area contributed by atoms with E-state index in [1.807, 2.05) is 32.9 Å². The third-order valence-corrected chi connectivity index (χ3v) is 4.00. The SMILES string of the molecule is Cc1cc(C)c(OCC(=O)O[C@H](C)C(=O)NCc2ccc(F)cc2)c(C)c1. The Kier molecular flexibility index (Phi) is 6.93. The molecule has 2 aromatic carbocycles. The van der Waals surface area contributed by atoms with Crippen molar-refractivity contribution in [1.82, 2.24) is 5.32 Å². The molecule has 0 heterocycles. The number of carbonyl (C=O) groups is 2. The van der Waals surface area contributed by atoms with E-state index >= 15 is 0 Å². The van der Waals surface area contributed by atoms with Crippen LogP contribution < -0.4 is 10.1 Å². The summed E-state index contributed by atoms with van der Waals surface area (Å²) in [6, 6.07) is 9.73. The molecular weight excluding hydrogens is 349 g/mol. The number of esters is 1. The molecule has 0 radical (unpaired) electrons. The van der Waals surface area contributed by atoms with Crippen LogP contribution in [0.4, 0.5) is 4.39 Å². The van der Waals surface area contributed by atoms with Crippen molar-refractivity contribution in [3.05, 3.63) is 64.5 Å². The number of rotatable bonds is 7. The van der Waals surface area contributed by atoms with Crippen LogP contribution in [-0.2, 0) is 20.9 Å². The molecule has 0 aliphatic rings. The molecule has 0 bridgehead atoms. The Bertz CT molecular complexity index is 794. The van der Waals surface area contributed by atoms with Gasteiger partial charge in [-0.05, 0) is 56.5 Å². The van der Waals surface area contributed by atoms with Crippen LogP contribution in [0.2, 0.25) is 0 Å². The molecule has 0 aromatic heterocycles. The minimum Gasteiger partial charge on any atom is -0.481 e. The van der Waals surface area contributed by atoms with E-state index in [2.05, 4.69) is 5.32 Å². The predicted octanol–water partition coefficient (Wildman–Crippen LogP) is 3.38. The predicted molar refractivity (Wildman–Crippen MR) is 99.9 cm³/mol. The first-order valence-corrected chi connectivity index (χ1v) is 8.68. The Morgan fingerprint density at radius 2 is 1.67 bits per heavy atom. The zero-order chi connectivity index (χ0) is 20.0. The molecule has 2 aromatic rings. The molecule has 0 saturated heterocycles. The van der Waals surface area contributed by atoms with Gasteiger partial charge in [0.25, 0.3) is 5.91 Å². The summed E-state index contributed by atoms with van der Waals surface area (Å²) in [6.07, 6.45) is -0.957. The smallest absolute Gasteiger partial charge is 0.344 e. The summed E-state index contributed by atoms with van der Waals surface area (Å²) in [5, 5.41) is 2.64. The molecule has 5 nitrogen and oxygen atoms in total. The lowest BCUT2D eigenvalue weighted by Gasteiger charge is -2.15. The number of benzene rings is 2. The van der Waals surface area contributed by atoms with Crippen LogP contribution in [0.15, 0.2) is 36.4 Å². The highest BCUT2D eigenvalue weighted by Crippen LogP contribution is 2.24. The second-order valence-electron chi connectivity index (χ2n) is 6.49. The average Bonchev–Trinajstić information content (AvgIpc) is 2.59. The lowest BCUT2D eigenvalue weighted by molar-refractivity contribution is -0.156. The van der Waals surface area contributed by atoms with Crippen molar-refractivity contribution < 1.29 is 23.5 Å². The monoisotopic (exact) mass is 373 g/mol. The van der Waals surface area contributed by atoms with Crippen LogP contribution in [0, 0.1) is 26.6 Å². The maximum absolute atomic E-state index is 12.9. The number of carbonyl (C=O) groups excluding carboxylic acids is 2. The standard InChI is InChI=1S/C21H24FNO4/c1-13-9-14(2)20(15(3)10-13)26-12-19(24)27-16(4)21(25)23-11-17-5-7-18(22)8-6-17/h5-10,16H,11-12H2,1-4H3,(H,23,25)/t16-/m1/s1. The van der Waals surface area contributed by atoms with E-state index in [1.54, 1.807) is 12.1 Å². The van der Waals surface area contributed by atoms with Crippen LogP contribution in [0.5, 0.6) is 5.75 Å². The van der Waals surface area contributed by atoms with Crippen molar-refractivity contribution in [3.8, 4) is 5.75 Å². The highest BCUT2D eigenvalue weighted by molar-refractivity contribution is 5.83. The molecule has 0 aliphatic heterocycles. The van der Waals surface area contributed by atoms with E-state index in [0.717, 1.165) is 22.3 Å². The number of ether oxygens (including phenoxy) is 2. The molecule has 6 heteroatoms. The highest BCUT2D eigenvalue weighted by atomic mass is 19.1. The summed E-state index contributed by atoms with van der Waals surface area (Å²) in [5.74, 6) is -0.758. The molecule has 2 rings (SSSR count). The van der Waals surface area contributed by atoms with E-state index in [1.165, 1.54) is 19.1 Å². The minimum absolute atomic E-state index is 0.221. The van der Waals surface area contributed by atoms with E-state index in [0.29, 0.717) is 5.75 Å². The third-order valence-electron chi connectivity index (χ3n) is 4.00. The highest BCUT2D eigenvalue weighted by Gasteiger charge is 2.18. The first kappa shape index (κ1) is 20.4. The van der Waals surface area contributed by atoms with Crippen LogP contribution in [-0.4, -0.2) is 24.6 Å². The number of nitrogens with one attached hydrogen (secondary N) is 1. The van der Waals surface area contributed by atoms with Gasteiger partial charge in [0.1, 0.15) is 11.6 Å². The van der Waals surface area contributed by atoms with E-state index < -0.39 is 18.0 Å². The van der Waals surface area contributed by atoms with Crippen molar-refractivity contribution in [2.75, 3.05) is 6.61 Å². The van der Waals surface area contributed by atoms with Gasteiger partial charge < -0.3 is 14.8 Å². The molecule has 27 heavy (non-hydrogen) atoms. The second kappa shape index (κ2) is 9.16. The summed E-state index contributed by atoms with van der Waals surface area (Å²) in [5.41, 5.74) is 3.74. The molecule has 1 atom stereocenters. The van der Waals surface area contributed by atoms with Crippen molar-refractivity contribution >= 4 is 11.9 Å². The molecular formula is C21H24FNO4. The third kappa shape index (κ3) is 6.09. The Labute approximate surface area is 158 Å². The van der Waals surface area contributed by atoms with Gasteiger partial charge >= 0.3 is 5.97 Å². The molecule has 0 unspecified atom stereocenters. The Morgan fingerprint density at radius 1 is 1.07 bits per heavy atom. The molecule has 0 spiro atoms. The number of aryl methyl sites for hydroxylation is 3. The molecule has 0 saturated carbocycles. The first-order chi connectivity index (χ1) is 12.8. The summed E-state index contributed by atoms with van der Waals surface area (Å²) in [7, 11) is 0. The van der Waals surface area contributed by atoms with Crippen molar-refractivity contribution in [2.45, 2.75) is 40.3 Å². The number of halogens is 1. The van der Waals surface area contributed by atoms with Crippen LogP contribution in [0.1, 0.15) is 29.2 Å². The fraction of sp³-hybridized carbons (Fsp3) is 0.333. The lowest BCUT2D eigenvalue weighted by atomic mass is 10.1. The van der Waals surface area contributed by atoms with Gasteiger partial charge in [-0.25, -0.2) is 9.18 Å². The van der Waals surface area contributed by atoms with Gasteiger partial charge in [-0.15, -0.1) is 0 Å². The topological polar surface area (TPSA) is 64.6 Å². The van der Waals surface area contributed by atoms with Gasteiger partial charge in [0.05, 0.1) is 0 Å². The number of hydrogen-bond donors (Lipinski definition) is 1. The molecule has 1 amide bonds. The summed E-state index contributed by atoms with van der Waals surface area (Å²) in [4.78, 5) is 24.0. The van der Waals surface area contributed by atoms with Crippen molar-refractivity contribution in [2.24, 2.45) is 0 Å². The van der Waals surface area contributed by atoms with Crippen molar-refractivity contribution in [3.63, 3.8) is 0 Å². The van der Waals surface area contributed by atoms with E-state index in [-0.39, 0.29) is 19.0 Å². The normalized spacial score (nSPS) is 11.6. The van der Waals surface area contributed by atoms with E-state index in [9.17, 15) is 14.0 Å². The van der Waals surface area contributed by atoms with Crippen LogP contribution in [0.3, 0.4) is 0 Å². The Morgan fingerprint density at radius 3 is 2.26 bits per heavy atom. The van der Waals surface area contributed by atoms with Crippen LogP contribution in [0.25, 0.3) is 0 Å². The van der Waals surface area contributed by atoms with Crippen molar-refractivity contribution in [1.29, 1.82) is 0 Å². The van der Waals surface area contributed by atoms with E-state index in [4.69, 9.17) is 9.47 Å². The Hall–Kier alpha value is -2.89. The average molecular weight is 373 g/mol. The quantitative estimate of drug-likeness (QED) is 0.756. The molecule has 1 N–H and O–H groups in total. The van der Waals surface area contributed by atoms with Gasteiger partial charge in [0.15, 0.2) is 12.7 Å². The summed E-state index contributed by atoms with van der Waals surface area (Å²) >= 11 is 0. The molecule has 0 aliphatic carbocycles. The van der Waals surface area contributed by atoms with Gasteiger partial charge in [-0.1, -0.05) is 29.8 Å². The Balaban J connectivity index is 1.80. The first-order valence-electron chi connectivity index (χ1n) is 8.68. The number of amides is 1. The largest absolute Gasteiger partial charge is 0.481 e. The summed E-state index contributed by atoms with van der Waals surface area (Å²) < 4.78 is 23.5. The number of hydrogen-bond acceptors (Lipinski definition) is 4. The van der Waals surface area contributed by atoms with Gasteiger partial charge in [-0.2, -0.15) is 0 Å². The van der Waals surface area contributed by atoms with Gasteiger partial charge in [0.2, 0.25) is 0 Å². The van der Waals surface area contributed by atoms with Crippen LogP contribution >= 0.6 is 0 Å². The zero-order valence-electron chi connectivity index (χ0n) is 16.0. The maximum atomic E-state index is 12.9. The zero-order valence-corrected chi connectivity index (χ0v) is 16.0. The fourth-order valence-corrected chi connectivity index (χ4v) is 2.75. The lowest BCUT2D eigenvalue weighted by Crippen LogP contribution is -2.36. The minimum atomic E-state index is -0.957.